The maximum absolute atomic E-state index is 11.4. The number of rotatable bonds is 5. The van der Waals surface area contributed by atoms with E-state index in [0.29, 0.717) is 35.3 Å². The predicted molar refractivity (Wildman–Crippen MR) is 64.0 cm³/mol. The van der Waals surface area contributed by atoms with E-state index in [4.69, 9.17) is 27.9 Å². The highest BCUT2D eigenvalue weighted by atomic mass is 35.5. The Morgan fingerprint density at radius 2 is 2.25 bits per heavy atom. The third-order valence-corrected chi connectivity index (χ3v) is 2.54. The van der Waals surface area contributed by atoms with Crippen LogP contribution >= 0.6 is 23.2 Å². The van der Waals surface area contributed by atoms with Crippen LogP contribution in [0.4, 0.5) is 5.82 Å². The van der Waals surface area contributed by atoms with Gasteiger partial charge in [-0.3, -0.25) is 4.79 Å². The van der Waals surface area contributed by atoms with Gasteiger partial charge in [0.15, 0.2) is 0 Å². The first kappa shape index (κ1) is 13.2. The van der Waals surface area contributed by atoms with Crippen molar-refractivity contribution in [3.05, 3.63) is 22.3 Å². The summed E-state index contributed by atoms with van der Waals surface area (Å²) in [5.41, 5.74) is 0. The minimum Gasteiger partial charge on any atom is -0.385 e. The lowest BCUT2D eigenvalue weighted by molar-refractivity contribution is -0.116. The van der Waals surface area contributed by atoms with Crippen LogP contribution in [0, 0.1) is 0 Å². The summed E-state index contributed by atoms with van der Waals surface area (Å²) in [7, 11) is 1.60. The highest BCUT2D eigenvalue weighted by Crippen LogP contribution is 2.22. The summed E-state index contributed by atoms with van der Waals surface area (Å²) in [4.78, 5) is 15.3. The van der Waals surface area contributed by atoms with E-state index in [0.717, 1.165) is 0 Å². The predicted octanol–water partition coefficient (Wildman–Crippen LogP) is 2.75. The van der Waals surface area contributed by atoms with Gasteiger partial charge in [-0.2, -0.15) is 0 Å². The van der Waals surface area contributed by atoms with Crippen molar-refractivity contribution >= 4 is 34.9 Å². The molecule has 0 saturated heterocycles. The number of hydrogen-bond donors (Lipinski definition) is 1. The van der Waals surface area contributed by atoms with Gasteiger partial charge in [-0.1, -0.05) is 23.2 Å². The summed E-state index contributed by atoms with van der Waals surface area (Å²) in [6.45, 7) is 0.558. The fourth-order valence-electron chi connectivity index (χ4n) is 1.06. The molecule has 0 radical (unpaired) electrons. The van der Waals surface area contributed by atoms with Crippen LogP contribution in [-0.4, -0.2) is 24.6 Å². The molecule has 0 saturated carbocycles. The van der Waals surface area contributed by atoms with Gasteiger partial charge >= 0.3 is 0 Å². The summed E-state index contributed by atoms with van der Waals surface area (Å²) in [5.74, 6) is 0.278. The molecule has 1 heterocycles. The highest BCUT2D eigenvalue weighted by Gasteiger charge is 2.05. The van der Waals surface area contributed by atoms with Gasteiger partial charge in [-0.15, -0.1) is 0 Å². The number of pyridine rings is 1. The smallest absolute Gasteiger partial charge is 0.225 e. The summed E-state index contributed by atoms with van der Waals surface area (Å²) < 4.78 is 4.84. The highest BCUT2D eigenvalue weighted by molar-refractivity contribution is 6.42. The average Bonchev–Trinajstić information content (AvgIpc) is 2.24. The van der Waals surface area contributed by atoms with Crippen molar-refractivity contribution in [3.63, 3.8) is 0 Å². The van der Waals surface area contributed by atoms with Gasteiger partial charge in [0.2, 0.25) is 5.91 Å². The van der Waals surface area contributed by atoms with Crippen LogP contribution in [0.25, 0.3) is 0 Å². The number of carbonyl (C=O) groups excluding carboxylic acids is 1. The molecule has 0 fully saturated rings. The largest absolute Gasteiger partial charge is 0.385 e. The zero-order valence-corrected chi connectivity index (χ0v) is 10.3. The second kappa shape index (κ2) is 6.68. The quantitative estimate of drug-likeness (QED) is 0.831. The number of nitrogens with one attached hydrogen (secondary N) is 1. The molecule has 1 aromatic heterocycles. The molecule has 16 heavy (non-hydrogen) atoms. The topological polar surface area (TPSA) is 51.2 Å². The van der Waals surface area contributed by atoms with Crippen molar-refractivity contribution < 1.29 is 9.53 Å². The van der Waals surface area contributed by atoms with Gasteiger partial charge in [0.25, 0.3) is 0 Å². The second-order valence-electron chi connectivity index (χ2n) is 3.13. The number of aromatic nitrogens is 1. The van der Waals surface area contributed by atoms with Gasteiger partial charge in [0.1, 0.15) is 5.82 Å². The Kier molecular flexibility index (Phi) is 5.52. The van der Waals surface area contributed by atoms with Gasteiger partial charge < -0.3 is 10.1 Å². The van der Waals surface area contributed by atoms with Gasteiger partial charge in [0.05, 0.1) is 10.0 Å². The molecule has 1 amide bonds. The molecule has 4 nitrogen and oxygen atoms in total. The summed E-state index contributed by atoms with van der Waals surface area (Å²) >= 11 is 11.5. The molecule has 0 aromatic carbocycles. The fourth-order valence-corrected chi connectivity index (χ4v) is 1.32. The first-order valence-electron chi connectivity index (χ1n) is 4.73. The van der Waals surface area contributed by atoms with Gasteiger partial charge in [0, 0.05) is 32.4 Å². The zero-order chi connectivity index (χ0) is 12.0. The molecule has 0 atom stereocenters. The summed E-state index contributed by atoms with van der Waals surface area (Å²) in [6.07, 6.45) is 2.45. The summed E-state index contributed by atoms with van der Waals surface area (Å²) in [6, 6.07) is 1.51. The molecular weight excluding hydrogens is 251 g/mol. The zero-order valence-electron chi connectivity index (χ0n) is 8.80. The monoisotopic (exact) mass is 262 g/mol. The van der Waals surface area contributed by atoms with Crippen molar-refractivity contribution in [1.82, 2.24) is 4.98 Å². The molecule has 0 spiro atoms. The van der Waals surface area contributed by atoms with Crippen LogP contribution in [-0.2, 0) is 9.53 Å². The van der Waals surface area contributed by atoms with Crippen molar-refractivity contribution in [2.45, 2.75) is 12.8 Å². The number of ether oxygens (including phenoxy) is 1. The first-order chi connectivity index (χ1) is 7.63. The Morgan fingerprint density at radius 1 is 1.50 bits per heavy atom. The molecule has 6 heteroatoms. The van der Waals surface area contributed by atoms with E-state index in [1.165, 1.54) is 12.3 Å². The van der Waals surface area contributed by atoms with Gasteiger partial charge in [-0.05, 0) is 6.42 Å². The Morgan fingerprint density at radius 3 is 2.88 bits per heavy atom. The van der Waals surface area contributed by atoms with Crippen molar-refractivity contribution in [3.8, 4) is 0 Å². The number of anilines is 1. The maximum Gasteiger partial charge on any atom is 0.225 e. The fraction of sp³-hybridized carbons (Fsp3) is 0.400. The maximum atomic E-state index is 11.4. The van der Waals surface area contributed by atoms with Crippen molar-refractivity contribution in [1.29, 1.82) is 0 Å². The number of nitrogens with zero attached hydrogens (tertiary/aromatic N) is 1. The lowest BCUT2D eigenvalue weighted by Gasteiger charge is -2.04. The van der Waals surface area contributed by atoms with Crippen LogP contribution in [0.2, 0.25) is 10.0 Å². The molecule has 1 N–H and O–H groups in total. The first-order valence-corrected chi connectivity index (χ1v) is 5.49. The molecule has 0 aliphatic rings. The van der Waals surface area contributed by atoms with Crippen LogP contribution in [0.3, 0.4) is 0 Å². The van der Waals surface area contributed by atoms with Crippen molar-refractivity contribution in [2.24, 2.45) is 0 Å². The minimum atomic E-state index is -0.122. The van der Waals surface area contributed by atoms with E-state index in [1.807, 2.05) is 0 Å². The molecule has 1 rings (SSSR count). The molecule has 0 bridgehead atoms. The Hall–Kier alpha value is -0.840. The lowest BCUT2D eigenvalue weighted by Crippen LogP contribution is -2.13. The van der Waals surface area contributed by atoms with E-state index in [-0.39, 0.29) is 5.91 Å². The van der Waals surface area contributed by atoms with E-state index in [1.54, 1.807) is 7.11 Å². The lowest BCUT2D eigenvalue weighted by atomic mass is 10.3. The molecule has 0 aliphatic carbocycles. The Bertz CT molecular complexity index is 372. The average molecular weight is 263 g/mol. The SMILES string of the molecule is COCCCC(=O)Nc1cc(Cl)c(Cl)cn1. The Balaban J connectivity index is 2.46. The minimum absolute atomic E-state index is 0.122. The standard InChI is InChI=1S/C10H12Cl2N2O2/c1-16-4-2-3-10(15)14-9-5-7(11)8(12)6-13-9/h5-6H,2-4H2,1H3,(H,13,14,15). The van der Waals surface area contributed by atoms with Crippen LogP contribution in [0.15, 0.2) is 12.3 Å². The Labute approximate surface area is 104 Å². The molecule has 0 aliphatic heterocycles. The van der Waals surface area contributed by atoms with E-state index in [2.05, 4.69) is 10.3 Å². The third kappa shape index (κ3) is 4.35. The van der Waals surface area contributed by atoms with E-state index in [9.17, 15) is 4.79 Å². The number of carbonyl (C=O) groups is 1. The molecule has 1 aromatic rings. The van der Waals surface area contributed by atoms with Crippen LogP contribution in [0.5, 0.6) is 0 Å². The van der Waals surface area contributed by atoms with Crippen LogP contribution < -0.4 is 5.32 Å². The number of halogens is 2. The number of hydrogen-bond acceptors (Lipinski definition) is 3. The van der Waals surface area contributed by atoms with Crippen molar-refractivity contribution in [2.75, 3.05) is 19.0 Å². The normalized spacial score (nSPS) is 10.2. The number of methoxy groups -OCH3 is 1. The molecule has 88 valence electrons. The molecular formula is C10H12Cl2N2O2. The second-order valence-corrected chi connectivity index (χ2v) is 3.94. The summed E-state index contributed by atoms with van der Waals surface area (Å²) in [5, 5.41) is 3.35. The van der Waals surface area contributed by atoms with E-state index >= 15 is 0 Å². The molecule has 0 unspecified atom stereocenters. The number of amides is 1. The third-order valence-electron chi connectivity index (χ3n) is 1.83. The van der Waals surface area contributed by atoms with E-state index < -0.39 is 0 Å². The van der Waals surface area contributed by atoms with Crippen LogP contribution in [0.1, 0.15) is 12.8 Å². The van der Waals surface area contributed by atoms with Gasteiger partial charge in [-0.25, -0.2) is 4.98 Å².